The van der Waals surface area contributed by atoms with Crippen molar-refractivity contribution in [3.8, 4) is 0 Å². The van der Waals surface area contributed by atoms with Crippen LogP contribution in [0.5, 0.6) is 0 Å². The van der Waals surface area contributed by atoms with Crippen LogP contribution in [0.3, 0.4) is 0 Å². The average Bonchev–Trinajstić information content (AvgIpc) is 2.72. The Kier molecular flexibility index (Phi) is 6.13. The highest BCUT2D eigenvalue weighted by Crippen LogP contribution is 2.29. The summed E-state index contributed by atoms with van der Waals surface area (Å²) in [5.41, 5.74) is 1.48. The van der Waals surface area contributed by atoms with Crippen LogP contribution in [0.25, 0.3) is 6.08 Å². The van der Waals surface area contributed by atoms with Gasteiger partial charge in [0, 0.05) is 57.4 Å². The van der Waals surface area contributed by atoms with Gasteiger partial charge in [-0.25, -0.2) is 9.97 Å². The van der Waals surface area contributed by atoms with Crippen molar-refractivity contribution < 1.29 is 9.90 Å². The smallest absolute Gasteiger partial charge is 0.246 e. The third-order valence-corrected chi connectivity index (χ3v) is 4.77. The van der Waals surface area contributed by atoms with Gasteiger partial charge in [0.05, 0.1) is 11.8 Å². The van der Waals surface area contributed by atoms with E-state index in [1.165, 1.54) is 0 Å². The summed E-state index contributed by atoms with van der Waals surface area (Å²) in [4.78, 5) is 28.7. The number of aromatic nitrogens is 3. The maximum atomic E-state index is 12.4. The Morgan fingerprint density at radius 2 is 1.93 bits per heavy atom. The number of aliphatic hydroxyl groups is 1. The normalized spacial score (nSPS) is 16.5. The first-order valence-electron chi connectivity index (χ1n) is 9.10. The van der Waals surface area contributed by atoms with Crippen LogP contribution in [-0.2, 0) is 4.79 Å². The molecule has 0 radical (unpaired) electrons. The van der Waals surface area contributed by atoms with E-state index < -0.39 is 6.10 Å². The van der Waals surface area contributed by atoms with Gasteiger partial charge >= 0.3 is 0 Å². The number of likely N-dealkylation sites (tertiary alicyclic amines) is 1. The van der Waals surface area contributed by atoms with Crippen molar-refractivity contribution in [2.24, 2.45) is 5.92 Å². The fraction of sp³-hybridized carbons (Fsp3) is 0.400. The molecule has 0 saturated carbocycles. The lowest BCUT2D eigenvalue weighted by Gasteiger charge is -2.33. The lowest BCUT2D eigenvalue weighted by molar-refractivity contribution is -0.127. The molecular weight excluding hydrogens is 342 g/mol. The highest BCUT2D eigenvalue weighted by Gasteiger charge is 2.28. The molecule has 1 saturated heterocycles. The first-order valence-corrected chi connectivity index (χ1v) is 9.10. The van der Waals surface area contributed by atoms with Crippen molar-refractivity contribution in [3.63, 3.8) is 0 Å². The van der Waals surface area contributed by atoms with Gasteiger partial charge in [0.1, 0.15) is 0 Å². The molecule has 1 aliphatic heterocycles. The van der Waals surface area contributed by atoms with E-state index in [0.29, 0.717) is 24.7 Å². The topological polar surface area (TPSA) is 82.5 Å². The van der Waals surface area contributed by atoms with E-state index in [1.807, 2.05) is 42.1 Å². The molecule has 1 aliphatic rings. The Morgan fingerprint density at radius 3 is 2.52 bits per heavy atom. The van der Waals surface area contributed by atoms with Crippen molar-refractivity contribution in [2.45, 2.75) is 18.9 Å². The number of hydrogen-bond acceptors (Lipinski definition) is 6. The van der Waals surface area contributed by atoms with Crippen LogP contribution in [-0.4, -0.2) is 58.1 Å². The summed E-state index contributed by atoms with van der Waals surface area (Å²) in [7, 11) is 3.76. The van der Waals surface area contributed by atoms with Crippen molar-refractivity contribution >= 4 is 17.9 Å². The van der Waals surface area contributed by atoms with Gasteiger partial charge < -0.3 is 14.9 Å². The van der Waals surface area contributed by atoms with E-state index in [-0.39, 0.29) is 11.8 Å². The fourth-order valence-corrected chi connectivity index (χ4v) is 3.15. The number of carbonyl (C=O) groups is 1. The summed E-state index contributed by atoms with van der Waals surface area (Å²) in [6.07, 6.45) is 9.32. The van der Waals surface area contributed by atoms with Gasteiger partial charge in [-0.3, -0.25) is 9.78 Å². The van der Waals surface area contributed by atoms with E-state index in [4.69, 9.17) is 0 Å². The van der Waals surface area contributed by atoms with Gasteiger partial charge in [0.2, 0.25) is 11.9 Å². The maximum absolute atomic E-state index is 12.4. The lowest BCUT2D eigenvalue weighted by atomic mass is 9.89. The first-order chi connectivity index (χ1) is 13.0. The third-order valence-electron chi connectivity index (χ3n) is 4.77. The quantitative estimate of drug-likeness (QED) is 0.813. The fourth-order valence-electron chi connectivity index (χ4n) is 3.15. The molecule has 142 valence electrons. The second-order valence-corrected chi connectivity index (χ2v) is 6.91. The average molecular weight is 367 g/mol. The number of piperidine rings is 1. The number of amides is 1. The number of pyridine rings is 1. The van der Waals surface area contributed by atoms with Crippen molar-refractivity contribution in [3.05, 3.63) is 54.1 Å². The molecule has 3 rings (SSSR count). The van der Waals surface area contributed by atoms with Gasteiger partial charge in [-0.15, -0.1) is 0 Å². The van der Waals surface area contributed by atoms with Crippen LogP contribution in [0.4, 0.5) is 5.95 Å². The number of carbonyl (C=O) groups excluding carboxylic acids is 1. The second-order valence-electron chi connectivity index (χ2n) is 6.91. The number of nitrogens with zero attached hydrogens (tertiary/aromatic N) is 5. The highest BCUT2D eigenvalue weighted by atomic mass is 16.3. The van der Waals surface area contributed by atoms with Gasteiger partial charge in [0.25, 0.3) is 0 Å². The first kappa shape index (κ1) is 19.0. The van der Waals surface area contributed by atoms with Crippen molar-refractivity contribution in [1.82, 2.24) is 19.9 Å². The summed E-state index contributed by atoms with van der Waals surface area (Å²) in [5, 5.41) is 10.5. The summed E-state index contributed by atoms with van der Waals surface area (Å²) in [5.74, 6) is 0.726. The molecule has 1 atom stereocenters. The molecular formula is C20H25N5O2. The van der Waals surface area contributed by atoms with E-state index in [0.717, 1.165) is 18.4 Å². The van der Waals surface area contributed by atoms with Crippen LogP contribution >= 0.6 is 0 Å². The Bertz CT molecular complexity index is 769. The zero-order chi connectivity index (χ0) is 19.2. The zero-order valence-electron chi connectivity index (χ0n) is 15.7. The molecule has 0 aliphatic carbocycles. The third kappa shape index (κ3) is 4.89. The van der Waals surface area contributed by atoms with Crippen LogP contribution in [0, 0.1) is 5.92 Å². The molecule has 1 fully saturated rings. The van der Waals surface area contributed by atoms with Crippen LogP contribution in [0.15, 0.2) is 42.9 Å². The SMILES string of the molecule is CN(C)c1ncc(/C=C/C(=O)N2CCC(C(O)c3ccccn3)CC2)cn1. The summed E-state index contributed by atoms with van der Waals surface area (Å²) in [6, 6.07) is 5.56. The molecule has 7 heteroatoms. The molecule has 2 aromatic rings. The van der Waals surface area contributed by atoms with Crippen molar-refractivity contribution in [2.75, 3.05) is 32.1 Å². The van der Waals surface area contributed by atoms with E-state index in [9.17, 15) is 9.90 Å². The number of aliphatic hydroxyl groups excluding tert-OH is 1. The maximum Gasteiger partial charge on any atom is 0.246 e. The standard InChI is InChI=1S/C20H25N5O2/c1-24(2)20-22-13-15(14-23-20)6-7-18(26)25-11-8-16(9-12-25)19(27)17-5-3-4-10-21-17/h3-7,10,13-14,16,19,27H,8-9,11-12H2,1-2H3/b7-6+. The Morgan fingerprint density at radius 1 is 1.22 bits per heavy atom. The molecule has 0 bridgehead atoms. The zero-order valence-corrected chi connectivity index (χ0v) is 15.7. The Balaban J connectivity index is 1.52. The minimum atomic E-state index is -0.577. The molecule has 0 aromatic carbocycles. The van der Waals surface area contributed by atoms with E-state index >= 15 is 0 Å². The Hall–Kier alpha value is -2.80. The molecule has 3 heterocycles. The minimum absolute atomic E-state index is 0.0301. The number of rotatable bonds is 5. The summed E-state index contributed by atoms with van der Waals surface area (Å²) < 4.78 is 0. The molecule has 27 heavy (non-hydrogen) atoms. The van der Waals surface area contributed by atoms with E-state index in [2.05, 4.69) is 15.0 Å². The van der Waals surface area contributed by atoms with Crippen LogP contribution < -0.4 is 4.90 Å². The molecule has 1 unspecified atom stereocenters. The van der Waals surface area contributed by atoms with Gasteiger partial charge in [0.15, 0.2) is 0 Å². The van der Waals surface area contributed by atoms with Crippen molar-refractivity contribution in [1.29, 1.82) is 0 Å². The number of hydrogen-bond donors (Lipinski definition) is 1. The van der Waals surface area contributed by atoms with Crippen LogP contribution in [0.1, 0.15) is 30.2 Å². The molecule has 1 amide bonds. The second kappa shape index (κ2) is 8.73. The predicted octanol–water partition coefficient (Wildman–Crippen LogP) is 1.92. The summed E-state index contributed by atoms with van der Waals surface area (Å²) in [6.45, 7) is 1.27. The molecule has 7 nitrogen and oxygen atoms in total. The van der Waals surface area contributed by atoms with E-state index in [1.54, 1.807) is 30.7 Å². The minimum Gasteiger partial charge on any atom is -0.387 e. The lowest BCUT2D eigenvalue weighted by Crippen LogP contribution is -2.39. The number of anilines is 1. The monoisotopic (exact) mass is 367 g/mol. The van der Waals surface area contributed by atoms with Gasteiger partial charge in [-0.1, -0.05) is 6.07 Å². The molecule has 2 aromatic heterocycles. The largest absolute Gasteiger partial charge is 0.387 e. The van der Waals surface area contributed by atoms with Gasteiger partial charge in [-0.05, 0) is 37.0 Å². The van der Waals surface area contributed by atoms with Crippen LogP contribution in [0.2, 0.25) is 0 Å². The predicted molar refractivity (Wildman–Crippen MR) is 104 cm³/mol. The van der Waals surface area contributed by atoms with Gasteiger partial charge in [-0.2, -0.15) is 0 Å². The summed E-state index contributed by atoms with van der Waals surface area (Å²) >= 11 is 0. The molecule has 0 spiro atoms. The highest BCUT2D eigenvalue weighted by molar-refractivity contribution is 5.91. The molecule has 1 N–H and O–H groups in total. The Labute approximate surface area is 159 Å².